The molecule has 0 spiro atoms. The highest BCUT2D eigenvalue weighted by Gasteiger charge is 2.26. The molecule has 9 rings (SSSR count). The SMILES string of the molecule is CN(C)CCCNC(=O)c1nc(NC(=O)c2nc(NC(=O)c3cc(NC(=O)c4nc(NC(=O)CCCCC(=O)c5cc(CC(=O)c6cc(CC(=O)c7cc(CC(=O)c8cc(CC(=O)CCCC(=O)CCCc9ccc(N(CCCl)CCCl)cc9)cn8C)cn7C)cn6C)cn5C)cn4C)cn3C)cn2C)cn1C. The first-order valence-electron chi connectivity index (χ1n) is 35.7. The number of rotatable bonds is 42. The van der Waals surface area contributed by atoms with Crippen LogP contribution in [0.4, 0.5) is 28.8 Å². The quantitative estimate of drug-likeness (QED) is 0.0135. The normalized spacial score (nSPS) is 11.3. The second kappa shape index (κ2) is 37.5. The predicted octanol–water partition coefficient (Wildman–Crippen LogP) is 8.83. The van der Waals surface area contributed by atoms with Crippen molar-refractivity contribution < 1.29 is 52.7 Å². The summed E-state index contributed by atoms with van der Waals surface area (Å²) in [5, 5.41) is 13.6. The molecule has 0 saturated carbocycles. The number of anilines is 5. The maximum atomic E-state index is 13.8. The summed E-state index contributed by atoms with van der Waals surface area (Å²) in [5.41, 5.74) is 6.83. The fourth-order valence-corrected chi connectivity index (χ4v) is 13.3. The summed E-state index contributed by atoms with van der Waals surface area (Å²) in [7, 11) is 17.2. The van der Waals surface area contributed by atoms with Gasteiger partial charge in [0.05, 0.1) is 28.5 Å². The lowest BCUT2D eigenvalue weighted by Crippen LogP contribution is -2.29. The van der Waals surface area contributed by atoms with E-state index in [1.807, 2.05) is 19.0 Å². The van der Waals surface area contributed by atoms with Crippen LogP contribution >= 0.6 is 23.2 Å². The molecule has 108 heavy (non-hydrogen) atoms. The lowest BCUT2D eigenvalue weighted by Gasteiger charge is -2.23. The Morgan fingerprint density at radius 2 is 0.806 bits per heavy atom. The number of nitrogens with one attached hydrogen (secondary N) is 5. The third kappa shape index (κ3) is 22.1. The molecule has 8 heterocycles. The number of nitrogens with zero attached hydrogens (tertiary/aromatic N) is 13. The molecular weight excluding hydrogens is 1420 g/mol. The number of hydrogen-bond donors (Lipinski definition) is 5. The maximum Gasteiger partial charge on any atom is 0.292 e. The molecule has 0 aliphatic heterocycles. The van der Waals surface area contributed by atoms with Crippen LogP contribution in [0.2, 0.25) is 0 Å². The van der Waals surface area contributed by atoms with Crippen molar-refractivity contribution in [3.05, 3.63) is 178 Å². The minimum atomic E-state index is -0.635. The fourth-order valence-electron chi connectivity index (χ4n) is 12.9. The molecule has 9 aromatic rings. The molecule has 0 radical (unpaired) electrons. The number of carbonyl (C=O) groups excluding carboxylic acids is 11. The predicted molar refractivity (Wildman–Crippen MR) is 412 cm³/mol. The summed E-state index contributed by atoms with van der Waals surface area (Å²) in [6.07, 6.45) is 17.8. The second-order valence-corrected chi connectivity index (χ2v) is 28.3. The molecule has 0 saturated heterocycles. The fraction of sp³-hybridized carbons (Fsp3) is 0.403. The Bertz CT molecular complexity index is 4790. The van der Waals surface area contributed by atoms with Gasteiger partial charge < -0.3 is 72.9 Å². The first kappa shape index (κ1) is 81.0. The number of carbonyl (C=O) groups is 11. The average molecular weight is 1520 g/mol. The monoisotopic (exact) mass is 1520 g/mol. The molecule has 0 atom stereocenters. The molecule has 0 bridgehead atoms. The molecule has 5 amide bonds. The summed E-state index contributed by atoms with van der Waals surface area (Å²) >= 11 is 11.9. The van der Waals surface area contributed by atoms with Crippen LogP contribution in [0.1, 0.15) is 176 Å². The Morgan fingerprint density at radius 1 is 0.380 bits per heavy atom. The summed E-state index contributed by atoms with van der Waals surface area (Å²) in [6.45, 7) is 2.68. The Hall–Kier alpha value is -11.0. The van der Waals surface area contributed by atoms with Gasteiger partial charge in [0.15, 0.2) is 40.6 Å². The summed E-state index contributed by atoms with van der Waals surface area (Å²) in [6, 6.07) is 16.5. The van der Waals surface area contributed by atoms with Crippen molar-refractivity contribution in [1.82, 2.24) is 61.7 Å². The zero-order valence-electron chi connectivity index (χ0n) is 62.7. The van der Waals surface area contributed by atoms with E-state index in [1.54, 1.807) is 124 Å². The zero-order chi connectivity index (χ0) is 78.0. The number of amides is 5. The first-order valence-corrected chi connectivity index (χ1v) is 36.8. The Morgan fingerprint density at radius 3 is 1.31 bits per heavy atom. The van der Waals surface area contributed by atoms with Crippen LogP contribution in [0.15, 0.2) is 104 Å². The number of alkyl halides is 2. The smallest absolute Gasteiger partial charge is 0.292 e. The number of hydrogen-bond acceptors (Lipinski definition) is 16. The average Bonchev–Trinajstić information content (AvgIpc) is 1.23. The summed E-state index contributed by atoms with van der Waals surface area (Å²) in [4.78, 5) is 163. The number of aryl methyl sites for hydroxylation is 9. The Balaban J connectivity index is 0.663. The van der Waals surface area contributed by atoms with E-state index in [2.05, 4.69) is 70.7 Å². The highest BCUT2D eigenvalue weighted by molar-refractivity contribution is 6.18. The van der Waals surface area contributed by atoms with Crippen LogP contribution < -0.4 is 31.5 Å². The lowest BCUT2D eigenvalue weighted by molar-refractivity contribution is -0.120. The first-order chi connectivity index (χ1) is 51.5. The molecule has 0 unspecified atom stereocenters. The van der Waals surface area contributed by atoms with Crippen molar-refractivity contribution in [3.63, 3.8) is 0 Å². The van der Waals surface area contributed by atoms with Crippen LogP contribution in [0.5, 0.6) is 0 Å². The Labute approximate surface area is 636 Å². The van der Waals surface area contributed by atoms with Crippen molar-refractivity contribution >= 4 is 116 Å². The third-order valence-electron chi connectivity index (χ3n) is 18.3. The van der Waals surface area contributed by atoms with Crippen LogP contribution in [0, 0.1) is 0 Å². The number of ketones is 6. The van der Waals surface area contributed by atoms with Gasteiger partial charge >= 0.3 is 0 Å². The van der Waals surface area contributed by atoms with Crippen molar-refractivity contribution in [2.75, 3.05) is 78.2 Å². The van der Waals surface area contributed by atoms with Gasteiger partial charge in [0, 0.05) is 201 Å². The van der Waals surface area contributed by atoms with E-state index in [4.69, 9.17) is 23.2 Å². The highest BCUT2D eigenvalue weighted by Crippen LogP contribution is 2.24. The molecule has 572 valence electrons. The van der Waals surface area contributed by atoms with E-state index in [-0.39, 0.29) is 138 Å². The van der Waals surface area contributed by atoms with Gasteiger partial charge in [-0.05, 0) is 129 Å². The Kier molecular flexibility index (Phi) is 28.1. The van der Waals surface area contributed by atoms with E-state index in [0.717, 1.165) is 37.1 Å². The number of Topliss-reactive ketones (excluding diaryl/α,β-unsaturated/α-hetero) is 6. The molecule has 0 fully saturated rings. The zero-order valence-corrected chi connectivity index (χ0v) is 64.2. The molecule has 0 aliphatic rings. The summed E-state index contributed by atoms with van der Waals surface area (Å²) < 4.78 is 12.6. The van der Waals surface area contributed by atoms with Gasteiger partial charge in [-0.3, -0.25) is 52.7 Å². The molecule has 31 heteroatoms. The van der Waals surface area contributed by atoms with E-state index in [1.165, 1.54) is 49.1 Å². The van der Waals surface area contributed by atoms with Crippen LogP contribution in [0.3, 0.4) is 0 Å². The van der Waals surface area contributed by atoms with Crippen LogP contribution in [-0.2, 0) is 103 Å². The van der Waals surface area contributed by atoms with Crippen molar-refractivity contribution in [1.29, 1.82) is 0 Å². The van der Waals surface area contributed by atoms with Gasteiger partial charge in [-0.2, -0.15) is 0 Å². The number of halogens is 2. The van der Waals surface area contributed by atoms with Gasteiger partial charge in [-0.25, -0.2) is 15.0 Å². The largest absolute Gasteiger partial charge is 0.369 e. The van der Waals surface area contributed by atoms with Gasteiger partial charge in [-0.15, -0.1) is 23.2 Å². The lowest BCUT2D eigenvalue weighted by atomic mass is 10.0. The third-order valence-corrected chi connectivity index (χ3v) is 18.7. The van der Waals surface area contributed by atoms with E-state index >= 15 is 0 Å². The molecule has 1 aromatic carbocycles. The molecular formula is C77H94Cl2N18O11. The number of aromatic nitrogens is 11. The topological polar surface area (TPSA) is 333 Å². The highest BCUT2D eigenvalue weighted by atomic mass is 35.5. The van der Waals surface area contributed by atoms with Crippen molar-refractivity contribution in [2.24, 2.45) is 56.4 Å². The number of imidazole rings is 3. The standard InChI is InChI=1S/C77H94Cl2N18O11/c1-88(2)29-15-28-80-75(106)71-84-69(48-94(71)8)87-77(108)73-85-68(47-96(73)10)86-74(105)62-40-54(45-93(62)7)81-76(107)72-83-67(46-95(72)9)82-70(104)21-12-11-20-63(100)58-34-51(42-89(58)3)37-65(102)60-36-53(44-91(60)5)39-66(103)61-35-52(43-92(61)6)38-64(101)59-33-50(41-90(59)4)32-57(99)19-14-18-56(98)17-13-16-49-22-24-55(25-23-49)97(30-26-78)31-27-79/h22-25,33-36,40-48H,11-21,26-32,37-39H2,1-10H3,(H,80,106)(H,81,107)(H,82,104)(H,86,105)(H,87,108). The van der Waals surface area contributed by atoms with E-state index < -0.39 is 17.7 Å². The minimum absolute atomic E-state index is 0.00149. The van der Waals surface area contributed by atoms with Crippen LogP contribution in [-0.4, -0.2) is 173 Å². The molecule has 0 aliphatic carbocycles. The van der Waals surface area contributed by atoms with Gasteiger partial charge in [0.1, 0.15) is 17.3 Å². The summed E-state index contributed by atoms with van der Waals surface area (Å²) in [5.74, 6) is -1.90. The molecule has 8 aromatic heterocycles. The number of unbranched alkanes of at least 4 members (excludes halogenated alkanes) is 1. The maximum absolute atomic E-state index is 13.8. The van der Waals surface area contributed by atoms with Gasteiger partial charge in [0.2, 0.25) is 23.4 Å². The van der Waals surface area contributed by atoms with E-state index in [0.29, 0.717) is 109 Å². The molecule has 5 N–H and O–H groups in total. The molecule has 29 nitrogen and oxygen atoms in total. The van der Waals surface area contributed by atoms with Crippen LogP contribution in [0.25, 0.3) is 0 Å². The van der Waals surface area contributed by atoms with E-state index in [9.17, 15) is 52.7 Å². The van der Waals surface area contributed by atoms with Crippen molar-refractivity contribution in [2.45, 2.75) is 96.3 Å². The van der Waals surface area contributed by atoms with Crippen molar-refractivity contribution in [3.8, 4) is 0 Å². The van der Waals surface area contributed by atoms with Gasteiger partial charge in [0.25, 0.3) is 23.6 Å². The number of benzene rings is 1. The minimum Gasteiger partial charge on any atom is -0.369 e. The second-order valence-electron chi connectivity index (χ2n) is 27.5. The van der Waals surface area contributed by atoms with Gasteiger partial charge in [-0.1, -0.05) is 12.1 Å².